The van der Waals surface area contributed by atoms with Crippen LogP contribution < -0.4 is 5.32 Å². The maximum Gasteiger partial charge on any atom is 0.376 e. The summed E-state index contributed by atoms with van der Waals surface area (Å²) in [5.41, 5.74) is 0.728. The second-order valence-electron chi connectivity index (χ2n) is 7.98. The minimum atomic E-state index is -2.04. The van der Waals surface area contributed by atoms with Gasteiger partial charge in [0.2, 0.25) is 0 Å². The Bertz CT molecular complexity index is 1090. The Hall–Kier alpha value is -3.27. The van der Waals surface area contributed by atoms with E-state index in [0.717, 1.165) is 16.2 Å². The molecule has 2 aromatic rings. The molecule has 0 spiro atoms. The van der Waals surface area contributed by atoms with Gasteiger partial charge in [-0.25, -0.2) is 4.79 Å². The summed E-state index contributed by atoms with van der Waals surface area (Å²) in [5.74, 6) is -2.12. The molecular formula is C25H23ClN2O6S. The number of esters is 2. The molecule has 0 saturated carbocycles. The first-order chi connectivity index (χ1) is 16.9. The predicted molar refractivity (Wildman–Crippen MR) is 131 cm³/mol. The number of hydroxylamine groups is 2. The lowest BCUT2D eigenvalue weighted by molar-refractivity contribution is -0.260. The molecule has 2 aliphatic heterocycles. The Morgan fingerprint density at radius 3 is 2.34 bits per heavy atom. The number of hydrogen-bond acceptors (Lipinski definition) is 7. The summed E-state index contributed by atoms with van der Waals surface area (Å²) in [5, 5.41) is 3.70. The van der Waals surface area contributed by atoms with E-state index in [-0.39, 0.29) is 19.4 Å². The van der Waals surface area contributed by atoms with Gasteiger partial charge >= 0.3 is 17.7 Å². The minimum Gasteiger partial charge on any atom is -0.448 e. The smallest absolute Gasteiger partial charge is 0.376 e. The zero-order valence-electron chi connectivity index (χ0n) is 18.6. The monoisotopic (exact) mass is 514 g/mol. The molecule has 0 aromatic heterocycles. The van der Waals surface area contributed by atoms with Crippen LogP contribution in [0.25, 0.3) is 0 Å². The fourth-order valence-corrected chi connectivity index (χ4v) is 4.26. The fraction of sp³-hybridized carbons (Fsp3) is 0.280. The van der Waals surface area contributed by atoms with Gasteiger partial charge in [-0.1, -0.05) is 90.6 Å². The van der Waals surface area contributed by atoms with Gasteiger partial charge in [-0.3, -0.25) is 14.4 Å². The molecule has 1 unspecified atom stereocenters. The third-order valence-corrected chi connectivity index (χ3v) is 6.09. The molecule has 2 fully saturated rings. The zero-order chi connectivity index (χ0) is 24.8. The van der Waals surface area contributed by atoms with Crippen molar-refractivity contribution >= 4 is 46.7 Å². The molecule has 0 aliphatic carbocycles. The van der Waals surface area contributed by atoms with Crippen molar-refractivity contribution in [3.63, 3.8) is 0 Å². The highest BCUT2D eigenvalue weighted by molar-refractivity contribution is 7.80. The van der Waals surface area contributed by atoms with Gasteiger partial charge in [0.25, 0.3) is 5.91 Å². The van der Waals surface area contributed by atoms with Crippen LogP contribution in [-0.4, -0.2) is 46.3 Å². The van der Waals surface area contributed by atoms with E-state index in [4.69, 9.17) is 38.1 Å². The van der Waals surface area contributed by atoms with Crippen LogP contribution in [0.1, 0.15) is 36.5 Å². The molecule has 2 aliphatic rings. The molecule has 2 atom stereocenters. The van der Waals surface area contributed by atoms with Crippen molar-refractivity contribution < 1.29 is 28.7 Å². The topological polar surface area (TPSA) is 94.2 Å². The van der Waals surface area contributed by atoms with E-state index in [1.807, 2.05) is 60.7 Å². The third kappa shape index (κ3) is 5.37. The maximum absolute atomic E-state index is 13.6. The molecule has 182 valence electrons. The van der Waals surface area contributed by atoms with Crippen LogP contribution in [0, 0.1) is 0 Å². The maximum atomic E-state index is 13.6. The first kappa shape index (κ1) is 24.8. The van der Waals surface area contributed by atoms with Crippen LogP contribution in [0.2, 0.25) is 0 Å². The number of carbonyl (C=O) groups is 3. The summed E-state index contributed by atoms with van der Waals surface area (Å²) in [4.78, 5) is 44.9. The lowest BCUT2D eigenvalue weighted by Gasteiger charge is -2.34. The van der Waals surface area contributed by atoms with Crippen molar-refractivity contribution in [1.29, 1.82) is 0 Å². The molecule has 2 saturated heterocycles. The van der Waals surface area contributed by atoms with Crippen molar-refractivity contribution in [2.24, 2.45) is 0 Å². The summed E-state index contributed by atoms with van der Waals surface area (Å²) in [6, 6.07) is 17.5. The Kier molecular flexibility index (Phi) is 7.80. The number of hydrogen-bond donors (Lipinski definition) is 1. The minimum absolute atomic E-state index is 0.0688. The van der Waals surface area contributed by atoms with Crippen LogP contribution >= 0.6 is 23.8 Å². The summed E-state index contributed by atoms with van der Waals surface area (Å²) in [6.45, 7) is -0.100. The normalized spacial score (nSPS) is 22.0. The van der Waals surface area contributed by atoms with Gasteiger partial charge in [-0.05, 0) is 11.1 Å². The lowest BCUT2D eigenvalue weighted by Crippen LogP contribution is -2.57. The van der Waals surface area contributed by atoms with E-state index >= 15 is 0 Å². The van der Waals surface area contributed by atoms with Gasteiger partial charge in [-0.2, -0.15) is 5.06 Å². The van der Waals surface area contributed by atoms with E-state index in [1.165, 1.54) is 5.54 Å². The molecule has 0 radical (unpaired) electrons. The molecular weight excluding hydrogens is 492 g/mol. The highest BCUT2D eigenvalue weighted by Gasteiger charge is 2.60. The number of cyclic esters (lactones) is 1. The second-order valence-corrected chi connectivity index (χ2v) is 8.72. The van der Waals surface area contributed by atoms with Gasteiger partial charge < -0.3 is 14.8 Å². The van der Waals surface area contributed by atoms with E-state index in [1.54, 1.807) is 6.08 Å². The average molecular weight is 515 g/mol. The largest absolute Gasteiger partial charge is 0.448 e. The Labute approximate surface area is 212 Å². The second kappa shape index (κ2) is 11.0. The number of ether oxygens (including phenoxy) is 2. The van der Waals surface area contributed by atoms with Crippen molar-refractivity contribution in [2.75, 3.05) is 6.61 Å². The van der Waals surface area contributed by atoms with Gasteiger partial charge in [0.1, 0.15) is 12.6 Å². The molecule has 2 heterocycles. The van der Waals surface area contributed by atoms with Crippen LogP contribution in [0.4, 0.5) is 0 Å². The van der Waals surface area contributed by atoms with Crippen molar-refractivity contribution in [1.82, 2.24) is 10.4 Å². The molecule has 1 N–H and O–H groups in total. The SMILES string of the molecule is O=C1CCC(C(=O)OC(c2ccccc2)c2ccccc2)(N2OC[C@H](NC(=S)C/C=C\Cl)C2=O)O1. The summed E-state index contributed by atoms with van der Waals surface area (Å²) < 4.78 is 11.4. The highest BCUT2D eigenvalue weighted by Crippen LogP contribution is 2.37. The summed E-state index contributed by atoms with van der Waals surface area (Å²) >= 11 is 10.8. The van der Waals surface area contributed by atoms with Crippen LogP contribution in [0.15, 0.2) is 72.3 Å². The van der Waals surface area contributed by atoms with Crippen LogP contribution in [0.5, 0.6) is 0 Å². The number of benzene rings is 2. The summed E-state index contributed by atoms with van der Waals surface area (Å²) in [7, 11) is 0. The Morgan fingerprint density at radius 2 is 1.80 bits per heavy atom. The highest BCUT2D eigenvalue weighted by atomic mass is 35.5. The fourth-order valence-electron chi connectivity index (χ4n) is 3.93. The van der Waals surface area contributed by atoms with Crippen molar-refractivity contribution in [3.8, 4) is 0 Å². The molecule has 35 heavy (non-hydrogen) atoms. The standard InChI is InChI=1S/C25H23ClN2O6S/c26-15-7-12-20(35)27-19-16-32-28(23(19)30)25(14-13-21(29)34-25)24(31)33-22(17-8-3-1-4-9-17)18-10-5-2-6-11-18/h1-11,15,19,22H,12-14,16H2,(H,27,35)/b15-7-/t19-,25?/m0/s1. The zero-order valence-corrected chi connectivity index (χ0v) is 20.2. The number of halogens is 1. The molecule has 10 heteroatoms. The van der Waals surface area contributed by atoms with Gasteiger partial charge in [0.15, 0.2) is 6.10 Å². The Morgan fingerprint density at radius 1 is 1.17 bits per heavy atom. The number of nitrogens with one attached hydrogen (secondary N) is 1. The first-order valence-corrected chi connectivity index (χ1v) is 11.8. The van der Waals surface area contributed by atoms with E-state index in [0.29, 0.717) is 11.4 Å². The van der Waals surface area contributed by atoms with Gasteiger partial charge in [-0.15, -0.1) is 0 Å². The third-order valence-electron chi connectivity index (χ3n) is 5.62. The first-order valence-electron chi connectivity index (χ1n) is 11.0. The van der Waals surface area contributed by atoms with Crippen molar-refractivity contribution in [3.05, 3.63) is 83.4 Å². The molecule has 8 nitrogen and oxygen atoms in total. The number of amides is 1. The summed E-state index contributed by atoms with van der Waals surface area (Å²) in [6.07, 6.45) is 1.00. The van der Waals surface area contributed by atoms with E-state index in [2.05, 4.69) is 5.32 Å². The quantitative estimate of drug-likeness (QED) is 0.422. The van der Waals surface area contributed by atoms with Crippen LogP contribution in [0.3, 0.4) is 0 Å². The van der Waals surface area contributed by atoms with E-state index in [9.17, 15) is 14.4 Å². The lowest BCUT2D eigenvalue weighted by atomic mass is 10.0. The van der Waals surface area contributed by atoms with Crippen LogP contribution in [-0.2, 0) is 28.7 Å². The van der Waals surface area contributed by atoms with Crippen molar-refractivity contribution in [2.45, 2.75) is 37.1 Å². The molecule has 2 aromatic carbocycles. The predicted octanol–water partition coefficient (Wildman–Crippen LogP) is 3.55. The number of carbonyl (C=O) groups excluding carboxylic acids is 3. The number of nitrogens with zero attached hydrogens (tertiary/aromatic N) is 1. The molecule has 1 amide bonds. The number of thiocarbonyl (C=S) groups is 1. The average Bonchev–Trinajstić information content (AvgIpc) is 3.45. The number of rotatable bonds is 8. The van der Waals surface area contributed by atoms with E-state index < -0.39 is 35.7 Å². The van der Waals surface area contributed by atoms with Gasteiger partial charge in [0, 0.05) is 18.4 Å². The Balaban J connectivity index is 1.59. The molecule has 0 bridgehead atoms. The molecule has 4 rings (SSSR count). The van der Waals surface area contributed by atoms with Gasteiger partial charge in [0.05, 0.1) is 11.4 Å².